The minimum absolute atomic E-state index is 0.681. The molecular weight excluding hydrogens is 288 g/mol. The monoisotopic (exact) mass is 314 g/mol. The summed E-state index contributed by atoms with van der Waals surface area (Å²) in [4.78, 5) is 11.4. The van der Waals surface area contributed by atoms with E-state index in [4.69, 9.17) is 0 Å². The minimum Gasteiger partial charge on any atom is -0.354 e. The highest BCUT2D eigenvalue weighted by Gasteiger charge is 2.18. The lowest BCUT2D eigenvalue weighted by molar-refractivity contribution is 0.179. The molecule has 0 radical (unpaired) electrons. The maximum atomic E-state index is 4.63. The fraction of sp³-hybridized carbons (Fsp3) is 0.588. The molecule has 3 rings (SSSR count). The molecule has 0 spiro atoms. The summed E-state index contributed by atoms with van der Waals surface area (Å²) in [5.41, 5.74) is 2.97. The lowest BCUT2D eigenvalue weighted by Crippen LogP contribution is -2.37. The fourth-order valence-electron chi connectivity index (χ4n) is 3.30. The first-order valence-electron chi connectivity index (χ1n) is 8.41. The summed E-state index contributed by atoms with van der Waals surface area (Å²) in [6, 6.07) is 2.62. The highest BCUT2D eigenvalue weighted by atomic mass is 15.3. The molecule has 0 aromatic carbocycles. The van der Waals surface area contributed by atoms with Crippen LogP contribution in [0.25, 0.3) is 11.3 Å². The van der Waals surface area contributed by atoms with Crippen molar-refractivity contribution in [2.24, 2.45) is 7.05 Å². The van der Waals surface area contributed by atoms with Crippen LogP contribution in [0.15, 0.2) is 18.5 Å². The summed E-state index contributed by atoms with van der Waals surface area (Å²) >= 11 is 0. The summed E-state index contributed by atoms with van der Waals surface area (Å²) < 4.78 is 1.82. The number of hydrogen-bond acceptors (Lipinski definition) is 5. The maximum absolute atomic E-state index is 4.63. The van der Waals surface area contributed by atoms with Gasteiger partial charge < -0.3 is 10.2 Å². The van der Waals surface area contributed by atoms with E-state index < -0.39 is 0 Å². The van der Waals surface area contributed by atoms with E-state index in [1.165, 1.54) is 25.8 Å². The van der Waals surface area contributed by atoms with Gasteiger partial charge >= 0.3 is 0 Å². The Kier molecular flexibility index (Phi) is 4.91. The molecule has 1 aliphatic heterocycles. The van der Waals surface area contributed by atoms with Gasteiger partial charge in [-0.3, -0.25) is 4.68 Å². The number of nitrogens with zero attached hydrogens (tertiary/aromatic N) is 5. The van der Waals surface area contributed by atoms with E-state index in [0.717, 1.165) is 29.9 Å². The standard InChI is InChI=1S/C17H26N6/c1-13-15(12-23(3)21-13)16-8-10-19-17(20-16)18-9-7-14-6-4-5-11-22(14)2/h8,10,12,14H,4-7,9,11H2,1-3H3,(H,18,19,20). The van der Waals surface area contributed by atoms with Gasteiger partial charge in [-0.15, -0.1) is 0 Å². The van der Waals surface area contributed by atoms with Crippen molar-refractivity contribution in [2.75, 3.05) is 25.5 Å². The largest absolute Gasteiger partial charge is 0.354 e. The average Bonchev–Trinajstić information content (AvgIpc) is 2.88. The van der Waals surface area contributed by atoms with Crippen molar-refractivity contribution in [3.8, 4) is 11.3 Å². The first-order chi connectivity index (χ1) is 11.1. The molecule has 0 saturated carbocycles. The lowest BCUT2D eigenvalue weighted by Gasteiger charge is -2.32. The fourth-order valence-corrected chi connectivity index (χ4v) is 3.30. The molecule has 1 aliphatic rings. The summed E-state index contributed by atoms with van der Waals surface area (Å²) in [7, 11) is 4.16. The van der Waals surface area contributed by atoms with Crippen LogP contribution in [-0.2, 0) is 7.05 Å². The molecule has 2 aromatic rings. The van der Waals surface area contributed by atoms with Crippen LogP contribution in [-0.4, -0.2) is 50.8 Å². The maximum Gasteiger partial charge on any atom is 0.223 e. The molecule has 0 aliphatic carbocycles. The zero-order chi connectivity index (χ0) is 16.2. The van der Waals surface area contributed by atoms with Gasteiger partial charge in [-0.05, 0) is 45.8 Å². The van der Waals surface area contributed by atoms with Gasteiger partial charge in [-0.2, -0.15) is 5.10 Å². The van der Waals surface area contributed by atoms with Crippen molar-refractivity contribution in [3.05, 3.63) is 24.2 Å². The Hall–Kier alpha value is -1.95. The molecule has 1 N–H and O–H groups in total. The van der Waals surface area contributed by atoms with Crippen molar-refractivity contribution in [3.63, 3.8) is 0 Å². The van der Waals surface area contributed by atoms with Crippen LogP contribution in [0.3, 0.4) is 0 Å². The number of aromatic nitrogens is 4. The number of nitrogens with one attached hydrogen (secondary N) is 1. The summed E-state index contributed by atoms with van der Waals surface area (Å²) in [6.07, 6.45) is 8.92. The second-order valence-corrected chi connectivity index (χ2v) is 6.41. The molecule has 0 amide bonds. The smallest absolute Gasteiger partial charge is 0.223 e. The molecule has 6 nitrogen and oxygen atoms in total. The van der Waals surface area contributed by atoms with Crippen LogP contribution in [0.5, 0.6) is 0 Å². The van der Waals surface area contributed by atoms with Crippen molar-refractivity contribution < 1.29 is 0 Å². The van der Waals surface area contributed by atoms with E-state index in [-0.39, 0.29) is 0 Å². The topological polar surface area (TPSA) is 58.9 Å². The van der Waals surface area contributed by atoms with Gasteiger partial charge in [0.15, 0.2) is 0 Å². The molecule has 1 fully saturated rings. The molecule has 2 aromatic heterocycles. The molecule has 1 saturated heterocycles. The lowest BCUT2D eigenvalue weighted by atomic mass is 10.0. The number of aryl methyl sites for hydroxylation is 2. The van der Waals surface area contributed by atoms with Crippen LogP contribution < -0.4 is 5.32 Å². The Morgan fingerprint density at radius 1 is 1.30 bits per heavy atom. The normalized spacial score (nSPS) is 19.0. The van der Waals surface area contributed by atoms with E-state index in [2.05, 4.69) is 32.3 Å². The summed E-state index contributed by atoms with van der Waals surface area (Å²) in [5, 5.41) is 7.75. The second-order valence-electron chi connectivity index (χ2n) is 6.41. The van der Waals surface area contributed by atoms with Crippen molar-refractivity contribution in [2.45, 2.75) is 38.6 Å². The average molecular weight is 314 g/mol. The predicted octanol–water partition coefficient (Wildman–Crippen LogP) is 2.47. The third kappa shape index (κ3) is 3.88. The highest BCUT2D eigenvalue weighted by Crippen LogP contribution is 2.21. The third-order valence-corrected chi connectivity index (χ3v) is 4.63. The van der Waals surface area contributed by atoms with Crippen LogP contribution in [0.2, 0.25) is 0 Å². The number of piperidine rings is 1. The molecule has 1 unspecified atom stereocenters. The van der Waals surface area contributed by atoms with Gasteiger partial charge in [0, 0.05) is 37.6 Å². The number of anilines is 1. The quantitative estimate of drug-likeness (QED) is 0.919. The van der Waals surface area contributed by atoms with E-state index in [1.807, 2.05) is 37.1 Å². The SMILES string of the molecule is Cc1nn(C)cc1-c1ccnc(NCCC2CCCCN2C)n1. The number of rotatable bonds is 5. The van der Waals surface area contributed by atoms with Crippen LogP contribution in [0.4, 0.5) is 5.95 Å². The van der Waals surface area contributed by atoms with Crippen molar-refractivity contribution in [1.29, 1.82) is 0 Å². The van der Waals surface area contributed by atoms with Crippen molar-refractivity contribution in [1.82, 2.24) is 24.6 Å². The van der Waals surface area contributed by atoms with Gasteiger partial charge in [0.25, 0.3) is 0 Å². The van der Waals surface area contributed by atoms with Gasteiger partial charge in [0.1, 0.15) is 0 Å². The van der Waals surface area contributed by atoms with Gasteiger partial charge in [0.2, 0.25) is 5.95 Å². The van der Waals surface area contributed by atoms with Crippen LogP contribution in [0.1, 0.15) is 31.4 Å². The first kappa shape index (κ1) is 15.9. The second kappa shape index (κ2) is 7.08. The Bertz CT molecular complexity index is 650. The molecule has 23 heavy (non-hydrogen) atoms. The van der Waals surface area contributed by atoms with Crippen molar-refractivity contribution >= 4 is 5.95 Å². The highest BCUT2D eigenvalue weighted by molar-refractivity contribution is 5.61. The predicted molar refractivity (Wildman–Crippen MR) is 92.3 cm³/mol. The third-order valence-electron chi connectivity index (χ3n) is 4.63. The first-order valence-corrected chi connectivity index (χ1v) is 8.41. The van der Waals surface area contributed by atoms with E-state index in [1.54, 1.807) is 0 Å². The Balaban J connectivity index is 1.60. The van der Waals surface area contributed by atoms with Gasteiger partial charge in [-0.25, -0.2) is 9.97 Å². The summed E-state index contributed by atoms with van der Waals surface area (Å²) in [6.45, 7) is 4.13. The number of hydrogen-bond donors (Lipinski definition) is 1. The van der Waals surface area contributed by atoms with E-state index in [0.29, 0.717) is 12.0 Å². The Labute approximate surface area is 137 Å². The molecule has 124 valence electrons. The van der Waals surface area contributed by atoms with Crippen LogP contribution >= 0.6 is 0 Å². The van der Waals surface area contributed by atoms with E-state index in [9.17, 15) is 0 Å². The Morgan fingerprint density at radius 2 is 2.17 bits per heavy atom. The van der Waals surface area contributed by atoms with Gasteiger partial charge in [0.05, 0.1) is 11.4 Å². The molecule has 0 bridgehead atoms. The Morgan fingerprint density at radius 3 is 2.91 bits per heavy atom. The molecule has 6 heteroatoms. The van der Waals surface area contributed by atoms with Crippen LogP contribution in [0, 0.1) is 6.92 Å². The molecular formula is C17H26N6. The zero-order valence-corrected chi connectivity index (χ0v) is 14.3. The zero-order valence-electron chi connectivity index (χ0n) is 14.3. The minimum atomic E-state index is 0.681. The summed E-state index contributed by atoms with van der Waals surface area (Å²) in [5.74, 6) is 0.698. The number of likely N-dealkylation sites (tertiary alicyclic amines) is 1. The molecule has 1 atom stereocenters. The van der Waals surface area contributed by atoms with E-state index >= 15 is 0 Å². The molecule has 3 heterocycles. The van der Waals surface area contributed by atoms with Gasteiger partial charge in [-0.1, -0.05) is 6.42 Å².